The normalized spacial score (nSPS) is 15.1. The Morgan fingerprint density at radius 2 is 1.85 bits per heavy atom. The van der Waals surface area contributed by atoms with E-state index >= 15 is 0 Å². The highest BCUT2D eigenvalue weighted by molar-refractivity contribution is 7.92. The van der Waals surface area contributed by atoms with Gasteiger partial charge in [-0.05, 0) is 68.4 Å². The molecule has 8 heteroatoms. The number of amides is 1. The Hall–Kier alpha value is -3.36. The van der Waals surface area contributed by atoms with Crippen molar-refractivity contribution >= 4 is 21.6 Å². The third-order valence-corrected chi connectivity index (χ3v) is 7.72. The number of anilines is 1. The van der Waals surface area contributed by atoms with Gasteiger partial charge in [0.25, 0.3) is 15.9 Å². The average Bonchev–Trinajstić information content (AvgIpc) is 3.58. The quantitative estimate of drug-likeness (QED) is 0.440. The Morgan fingerprint density at radius 1 is 1.09 bits per heavy atom. The van der Waals surface area contributed by atoms with E-state index < -0.39 is 10.0 Å². The average molecular weight is 480 g/mol. The number of rotatable bonds is 10. The van der Waals surface area contributed by atoms with E-state index in [0.717, 1.165) is 31.7 Å². The summed E-state index contributed by atoms with van der Waals surface area (Å²) in [6, 6.07) is 18.7. The number of hydrogen-bond donors (Lipinski definition) is 1. The van der Waals surface area contributed by atoms with E-state index in [1.54, 1.807) is 42.7 Å². The molecule has 1 saturated heterocycles. The Labute approximate surface area is 200 Å². The molecule has 3 aromatic rings. The zero-order valence-corrected chi connectivity index (χ0v) is 19.8. The minimum atomic E-state index is -3.89. The molecule has 0 bridgehead atoms. The molecule has 0 radical (unpaired) electrons. The molecule has 1 unspecified atom stereocenters. The van der Waals surface area contributed by atoms with Crippen molar-refractivity contribution in [2.45, 2.75) is 23.8 Å². The minimum Gasteiger partial charge on any atom is -0.468 e. The lowest BCUT2D eigenvalue weighted by molar-refractivity contribution is 0.0933. The van der Waals surface area contributed by atoms with Crippen LogP contribution in [0.3, 0.4) is 0 Å². The van der Waals surface area contributed by atoms with Crippen LogP contribution in [0, 0.1) is 0 Å². The van der Waals surface area contributed by atoms with E-state index in [4.69, 9.17) is 4.42 Å². The first-order valence-corrected chi connectivity index (χ1v) is 12.8. The fourth-order valence-electron chi connectivity index (χ4n) is 4.21. The second-order valence-corrected chi connectivity index (χ2v) is 10.0. The molecular weight excluding hydrogens is 450 g/mol. The lowest BCUT2D eigenvalue weighted by atomic mass is 10.1. The van der Waals surface area contributed by atoms with Gasteiger partial charge in [-0.2, -0.15) is 0 Å². The maximum atomic E-state index is 13.4. The summed E-state index contributed by atoms with van der Waals surface area (Å²) in [4.78, 5) is 15.3. The van der Waals surface area contributed by atoms with Crippen molar-refractivity contribution in [1.82, 2.24) is 10.2 Å². The highest BCUT2D eigenvalue weighted by atomic mass is 32.2. The Kier molecular flexibility index (Phi) is 7.49. The molecule has 1 fully saturated rings. The number of sulfonamides is 1. The van der Waals surface area contributed by atoms with Crippen molar-refractivity contribution in [2.75, 3.05) is 30.5 Å². The van der Waals surface area contributed by atoms with Crippen LogP contribution in [-0.2, 0) is 10.0 Å². The predicted molar refractivity (Wildman–Crippen MR) is 132 cm³/mol. The van der Waals surface area contributed by atoms with Crippen LogP contribution in [0.25, 0.3) is 0 Å². The van der Waals surface area contributed by atoms with Gasteiger partial charge in [0, 0.05) is 12.1 Å². The third-order valence-electron chi connectivity index (χ3n) is 5.93. The zero-order valence-electron chi connectivity index (χ0n) is 19.0. The number of nitrogens with one attached hydrogen (secondary N) is 1. The summed E-state index contributed by atoms with van der Waals surface area (Å²) in [5.41, 5.74) is 0.816. The highest BCUT2D eigenvalue weighted by Gasteiger charge is 2.27. The fourth-order valence-corrected chi connectivity index (χ4v) is 5.70. The summed E-state index contributed by atoms with van der Waals surface area (Å²) in [5.74, 6) is 0.476. The number of para-hydroxylation sites is 1. The number of likely N-dealkylation sites (tertiary alicyclic amines) is 1. The lowest BCUT2D eigenvalue weighted by Crippen LogP contribution is -2.36. The maximum absolute atomic E-state index is 13.4. The number of furan rings is 1. The van der Waals surface area contributed by atoms with Crippen LogP contribution >= 0.6 is 0 Å². The number of carbonyl (C=O) groups is 1. The monoisotopic (exact) mass is 479 g/mol. The van der Waals surface area contributed by atoms with E-state index in [9.17, 15) is 13.2 Å². The summed E-state index contributed by atoms with van der Waals surface area (Å²) in [7, 11) is -3.89. The first-order chi connectivity index (χ1) is 16.5. The second-order valence-electron chi connectivity index (χ2n) is 8.17. The molecule has 0 saturated carbocycles. The standard InChI is InChI=1S/C26H29N3O4S/c1-2-15-29(22-11-4-3-5-12-22)34(31,32)23-13-8-10-21(19-23)26(30)27-20-24(25-14-9-18-33-25)28-16-6-7-17-28/h2-5,8-14,18-19,24H,1,6-7,15-17,20H2,(H,27,30). The SMILES string of the molecule is C=CCN(c1ccccc1)S(=O)(=O)c1cccc(C(=O)NCC(c2ccco2)N2CCCC2)c1. The van der Waals surface area contributed by atoms with E-state index in [1.165, 1.54) is 22.5 Å². The van der Waals surface area contributed by atoms with E-state index in [1.807, 2.05) is 18.2 Å². The van der Waals surface area contributed by atoms with E-state index in [2.05, 4.69) is 16.8 Å². The fraction of sp³-hybridized carbons (Fsp3) is 0.269. The largest absolute Gasteiger partial charge is 0.468 e. The number of carbonyl (C=O) groups excluding carboxylic acids is 1. The predicted octanol–water partition coefficient (Wildman–Crippen LogP) is 4.23. The number of hydrogen-bond acceptors (Lipinski definition) is 5. The molecule has 2 heterocycles. The molecule has 0 aliphatic carbocycles. The van der Waals surface area contributed by atoms with Gasteiger partial charge in [-0.1, -0.05) is 30.3 Å². The molecule has 4 rings (SSSR count). The summed E-state index contributed by atoms with van der Waals surface area (Å²) < 4.78 is 33.7. The molecule has 1 atom stereocenters. The molecule has 178 valence electrons. The van der Waals surface area contributed by atoms with Gasteiger partial charge in [0.15, 0.2) is 0 Å². The molecule has 1 aliphatic heterocycles. The first kappa shape index (κ1) is 23.8. The molecule has 1 aromatic heterocycles. The van der Waals surface area contributed by atoms with Crippen molar-refractivity contribution in [3.8, 4) is 0 Å². The van der Waals surface area contributed by atoms with Crippen LogP contribution in [0.1, 0.15) is 35.0 Å². The second kappa shape index (κ2) is 10.7. The molecule has 2 aromatic carbocycles. The summed E-state index contributed by atoms with van der Waals surface area (Å²) in [6.45, 7) is 6.08. The summed E-state index contributed by atoms with van der Waals surface area (Å²) >= 11 is 0. The van der Waals surface area contributed by atoms with Gasteiger partial charge in [0.2, 0.25) is 0 Å². The van der Waals surface area contributed by atoms with E-state index in [-0.39, 0.29) is 29.0 Å². The van der Waals surface area contributed by atoms with Gasteiger partial charge in [-0.3, -0.25) is 14.0 Å². The van der Waals surface area contributed by atoms with Gasteiger partial charge in [0.05, 0.1) is 29.4 Å². The Bertz CT molecular complexity index is 1200. The van der Waals surface area contributed by atoms with Gasteiger partial charge >= 0.3 is 0 Å². The summed E-state index contributed by atoms with van der Waals surface area (Å²) in [5, 5.41) is 2.96. The minimum absolute atomic E-state index is 0.0491. The van der Waals surface area contributed by atoms with Gasteiger partial charge in [0.1, 0.15) is 5.76 Å². The molecule has 7 nitrogen and oxygen atoms in total. The molecule has 1 aliphatic rings. The highest BCUT2D eigenvalue weighted by Crippen LogP contribution is 2.26. The molecular formula is C26H29N3O4S. The van der Waals surface area contributed by atoms with Crippen LogP contribution in [0.2, 0.25) is 0 Å². The maximum Gasteiger partial charge on any atom is 0.264 e. The van der Waals surface area contributed by atoms with Crippen molar-refractivity contribution < 1.29 is 17.6 Å². The van der Waals surface area contributed by atoms with Gasteiger partial charge in [-0.25, -0.2) is 8.42 Å². The molecule has 34 heavy (non-hydrogen) atoms. The van der Waals surface area contributed by atoms with E-state index in [0.29, 0.717) is 12.2 Å². The topological polar surface area (TPSA) is 82.9 Å². The van der Waals surface area contributed by atoms with Gasteiger partial charge < -0.3 is 9.73 Å². The molecule has 1 amide bonds. The van der Waals surface area contributed by atoms with Crippen LogP contribution in [0.15, 0.2) is 95.0 Å². The number of benzene rings is 2. The van der Waals surface area contributed by atoms with Crippen molar-refractivity contribution in [1.29, 1.82) is 0 Å². The lowest BCUT2D eigenvalue weighted by Gasteiger charge is -2.26. The van der Waals surface area contributed by atoms with Crippen LogP contribution in [-0.4, -0.2) is 45.4 Å². The molecule has 0 spiro atoms. The zero-order chi connectivity index (χ0) is 24.0. The Balaban J connectivity index is 1.53. The smallest absolute Gasteiger partial charge is 0.264 e. The molecule has 1 N–H and O–H groups in total. The van der Waals surface area contributed by atoms with Crippen molar-refractivity contribution in [3.05, 3.63) is 97.0 Å². The third kappa shape index (κ3) is 5.24. The van der Waals surface area contributed by atoms with Crippen molar-refractivity contribution in [2.24, 2.45) is 0 Å². The summed E-state index contributed by atoms with van der Waals surface area (Å²) in [6.07, 6.45) is 5.41. The first-order valence-electron chi connectivity index (χ1n) is 11.3. The Morgan fingerprint density at radius 3 is 2.53 bits per heavy atom. The van der Waals surface area contributed by atoms with Crippen LogP contribution in [0.4, 0.5) is 5.69 Å². The van der Waals surface area contributed by atoms with Crippen LogP contribution in [0.5, 0.6) is 0 Å². The number of nitrogens with zero attached hydrogens (tertiary/aromatic N) is 2. The van der Waals surface area contributed by atoms with Crippen LogP contribution < -0.4 is 9.62 Å². The van der Waals surface area contributed by atoms with Crippen molar-refractivity contribution in [3.63, 3.8) is 0 Å². The van der Waals surface area contributed by atoms with Gasteiger partial charge in [-0.15, -0.1) is 6.58 Å².